The first-order valence-electron chi connectivity index (χ1n) is 5.76. The molecule has 0 radical (unpaired) electrons. The van der Waals surface area contributed by atoms with E-state index in [4.69, 9.17) is 16.3 Å². The van der Waals surface area contributed by atoms with Crippen LogP contribution in [0.3, 0.4) is 0 Å². The minimum absolute atomic E-state index is 0.586. The SMILES string of the molecule is Cc1cc(Oc2ccccc2Cl)c2c(c1)SNC=N2. The predicted octanol–water partition coefficient (Wildman–Crippen LogP) is 4.71. The molecule has 0 saturated heterocycles. The van der Waals surface area contributed by atoms with Crippen LogP contribution < -0.4 is 9.46 Å². The smallest absolute Gasteiger partial charge is 0.154 e. The molecule has 0 aliphatic carbocycles. The zero-order chi connectivity index (χ0) is 13.2. The molecule has 2 aromatic rings. The van der Waals surface area contributed by atoms with Crippen LogP contribution in [0.4, 0.5) is 5.69 Å². The molecule has 1 aliphatic heterocycles. The molecule has 96 valence electrons. The number of hydrogen-bond acceptors (Lipinski definition) is 4. The summed E-state index contributed by atoms with van der Waals surface area (Å²) in [5.41, 5.74) is 1.95. The van der Waals surface area contributed by atoms with Crippen molar-refractivity contribution in [2.24, 2.45) is 4.99 Å². The van der Waals surface area contributed by atoms with E-state index in [1.807, 2.05) is 31.2 Å². The molecule has 0 spiro atoms. The van der Waals surface area contributed by atoms with Crippen LogP contribution in [0.2, 0.25) is 5.02 Å². The second kappa shape index (κ2) is 5.15. The molecule has 0 fully saturated rings. The molecular formula is C14H11ClN2OS. The molecule has 1 aliphatic rings. The monoisotopic (exact) mass is 290 g/mol. The Bertz CT molecular complexity index is 658. The summed E-state index contributed by atoms with van der Waals surface area (Å²) in [6.07, 6.45) is 1.65. The lowest BCUT2D eigenvalue weighted by atomic mass is 10.2. The molecule has 19 heavy (non-hydrogen) atoms. The number of ether oxygens (including phenoxy) is 1. The molecule has 3 nitrogen and oxygen atoms in total. The highest BCUT2D eigenvalue weighted by atomic mass is 35.5. The molecular weight excluding hydrogens is 280 g/mol. The largest absolute Gasteiger partial charge is 0.453 e. The van der Waals surface area contributed by atoms with Gasteiger partial charge in [-0.05, 0) is 48.7 Å². The lowest BCUT2D eigenvalue weighted by Crippen LogP contribution is -2.03. The van der Waals surface area contributed by atoms with Crippen LogP contribution in [-0.4, -0.2) is 6.34 Å². The van der Waals surface area contributed by atoms with Crippen LogP contribution in [-0.2, 0) is 0 Å². The van der Waals surface area contributed by atoms with Crippen LogP contribution >= 0.6 is 23.5 Å². The third kappa shape index (κ3) is 2.55. The Morgan fingerprint density at radius 2 is 2.05 bits per heavy atom. The van der Waals surface area contributed by atoms with E-state index in [1.54, 1.807) is 12.4 Å². The normalized spacial score (nSPS) is 12.7. The number of hydrogen-bond donors (Lipinski definition) is 1. The van der Waals surface area contributed by atoms with Crippen molar-refractivity contribution in [3.8, 4) is 11.5 Å². The number of nitrogens with zero attached hydrogens (tertiary/aromatic N) is 1. The maximum absolute atomic E-state index is 6.12. The van der Waals surface area contributed by atoms with E-state index in [2.05, 4.69) is 15.8 Å². The van der Waals surface area contributed by atoms with Crippen LogP contribution in [0.5, 0.6) is 11.5 Å². The van der Waals surface area contributed by atoms with Gasteiger partial charge in [0.15, 0.2) is 5.75 Å². The van der Waals surface area contributed by atoms with Gasteiger partial charge in [-0.2, -0.15) is 0 Å². The molecule has 0 saturated carbocycles. The molecule has 3 rings (SSSR count). The third-order valence-corrected chi connectivity index (χ3v) is 3.72. The van der Waals surface area contributed by atoms with Crippen LogP contribution in [0.15, 0.2) is 46.3 Å². The third-order valence-electron chi connectivity index (χ3n) is 2.66. The number of halogens is 1. The lowest BCUT2D eigenvalue weighted by molar-refractivity contribution is 0.482. The van der Waals surface area contributed by atoms with E-state index in [-0.39, 0.29) is 0 Å². The van der Waals surface area contributed by atoms with Crippen LogP contribution in [0.1, 0.15) is 5.56 Å². The van der Waals surface area contributed by atoms with E-state index in [1.165, 1.54) is 11.9 Å². The average molecular weight is 291 g/mol. The van der Waals surface area contributed by atoms with Gasteiger partial charge in [0.2, 0.25) is 0 Å². The van der Waals surface area contributed by atoms with Gasteiger partial charge >= 0.3 is 0 Å². The summed E-state index contributed by atoms with van der Waals surface area (Å²) in [5.74, 6) is 1.35. The molecule has 0 unspecified atom stereocenters. The fourth-order valence-corrected chi connectivity index (χ4v) is 2.72. The zero-order valence-corrected chi connectivity index (χ0v) is 11.8. The molecule has 5 heteroatoms. The van der Waals surface area contributed by atoms with E-state index in [9.17, 15) is 0 Å². The molecule has 1 N–H and O–H groups in total. The first-order valence-corrected chi connectivity index (χ1v) is 6.95. The highest BCUT2D eigenvalue weighted by Gasteiger charge is 2.15. The van der Waals surface area contributed by atoms with Crippen molar-refractivity contribution in [1.82, 2.24) is 4.72 Å². The van der Waals surface area contributed by atoms with Gasteiger partial charge in [-0.1, -0.05) is 23.7 Å². The van der Waals surface area contributed by atoms with E-state index in [0.717, 1.165) is 16.1 Å². The number of benzene rings is 2. The summed E-state index contributed by atoms with van der Waals surface area (Å²) in [6, 6.07) is 11.4. The van der Waals surface area contributed by atoms with Gasteiger partial charge in [0.25, 0.3) is 0 Å². The van der Waals surface area contributed by atoms with Crippen LogP contribution in [0, 0.1) is 6.92 Å². The number of fused-ring (bicyclic) bond motifs is 1. The highest BCUT2D eigenvalue weighted by molar-refractivity contribution is 7.98. The van der Waals surface area contributed by atoms with Crippen LogP contribution in [0.25, 0.3) is 0 Å². The quantitative estimate of drug-likeness (QED) is 0.813. The van der Waals surface area contributed by atoms with Gasteiger partial charge in [-0.15, -0.1) is 0 Å². The highest BCUT2D eigenvalue weighted by Crippen LogP contribution is 2.42. The lowest BCUT2D eigenvalue weighted by Gasteiger charge is -2.16. The maximum Gasteiger partial charge on any atom is 0.154 e. The Morgan fingerprint density at radius 3 is 2.89 bits per heavy atom. The standard InChI is InChI=1S/C14H11ClN2OS/c1-9-6-12(14-13(7-9)19-17-8-16-14)18-11-5-3-2-4-10(11)15/h2-8H,1H3,(H,16,17). The van der Waals surface area contributed by atoms with Gasteiger partial charge < -0.3 is 9.46 Å². The Balaban J connectivity index is 2.04. The topological polar surface area (TPSA) is 33.6 Å². The molecule has 0 atom stereocenters. The van der Waals surface area contributed by atoms with Crippen molar-refractivity contribution in [3.05, 3.63) is 47.0 Å². The van der Waals surface area contributed by atoms with Crippen molar-refractivity contribution in [2.75, 3.05) is 0 Å². The fourth-order valence-electron chi connectivity index (χ4n) is 1.82. The minimum atomic E-state index is 0.586. The summed E-state index contributed by atoms with van der Waals surface area (Å²) in [4.78, 5) is 5.38. The molecule has 1 heterocycles. The van der Waals surface area contributed by atoms with Gasteiger partial charge in [-0.25, -0.2) is 4.99 Å². The predicted molar refractivity (Wildman–Crippen MR) is 79.8 cm³/mol. The number of aryl methyl sites for hydroxylation is 1. The number of nitrogens with one attached hydrogen (secondary N) is 1. The number of rotatable bonds is 2. The fraction of sp³-hybridized carbons (Fsp3) is 0.0714. The van der Waals surface area contributed by atoms with E-state index < -0.39 is 0 Å². The Morgan fingerprint density at radius 1 is 1.21 bits per heavy atom. The Hall–Kier alpha value is -1.65. The first-order chi connectivity index (χ1) is 9.24. The Kier molecular flexibility index (Phi) is 3.36. The van der Waals surface area contributed by atoms with Gasteiger partial charge in [-0.3, -0.25) is 0 Å². The summed E-state index contributed by atoms with van der Waals surface area (Å²) in [6.45, 7) is 2.03. The first kappa shape index (κ1) is 12.4. The average Bonchev–Trinajstić information content (AvgIpc) is 2.41. The van der Waals surface area contributed by atoms with Gasteiger partial charge in [0.1, 0.15) is 11.4 Å². The molecule has 0 bridgehead atoms. The molecule has 2 aromatic carbocycles. The summed E-state index contributed by atoms with van der Waals surface area (Å²) < 4.78 is 8.92. The minimum Gasteiger partial charge on any atom is -0.453 e. The summed E-state index contributed by atoms with van der Waals surface area (Å²) >= 11 is 7.64. The van der Waals surface area contributed by atoms with Crippen molar-refractivity contribution in [1.29, 1.82) is 0 Å². The van der Waals surface area contributed by atoms with E-state index in [0.29, 0.717) is 16.5 Å². The number of aliphatic imine (C=N–C) groups is 1. The van der Waals surface area contributed by atoms with Gasteiger partial charge in [0.05, 0.1) is 16.3 Å². The summed E-state index contributed by atoms with van der Waals surface area (Å²) in [7, 11) is 0. The van der Waals surface area contributed by atoms with Crippen molar-refractivity contribution >= 4 is 35.6 Å². The number of para-hydroxylation sites is 1. The Labute approximate surface area is 120 Å². The zero-order valence-electron chi connectivity index (χ0n) is 10.2. The van der Waals surface area contributed by atoms with Crippen molar-refractivity contribution in [3.63, 3.8) is 0 Å². The van der Waals surface area contributed by atoms with Gasteiger partial charge in [0, 0.05) is 0 Å². The second-order valence-corrected chi connectivity index (χ2v) is 5.41. The summed E-state index contributed by atoms with van der Waals surface area (Å²) in [5, 5.41) is 0.586. The molecule has 0 aromatic heterocycles. The second-order valence-electron chi connectivity index (χ2n) is 4.12. The molecule has 0 amide bonds. The van der Waals surface area contributed by atoms with E-state index >= 15 is 0 Å². The van der Waals surface area contributed by atoms with Crippen molar-refractivity contribution < 1.29 is 4.74 Å². The maximum atomic E-state index is 6.12. The van der Waals surface area contributed by atoms with Crippen molar-refractivity contribution in [2.45, 2.75) is 11.8 Å².